The van der Waals surface area contributed by atoms with Crippen LogP contribution in [0, 0.1) is 0 Å². The second-order valence-corrected chi connectivity index (χ2v) is 4.62. The summed E-state index contributed by atoms with van der Waals surface area (Å²) in [5.41, 5.74) is 1.10. The fourth-order valence-corrected chi connectivity index (χ4v) is 2.12. The summed E-state index contributed by atoms with van der Waals surface area (Å²) < 4.78 is 5.18. The maximum Gasteiger partial charge on any atom is 0.124 e. The van der Waals surface area contributed by atoms with E-state index >= 15 is 0 Å². The summed E-state index contributed by atoms with van der Waals surface area (Å²) in [5.74, 6) is 0.492. The zero-order valence-electron chi connectivity index (χ0n) is 10.5. The molecule has 2 atom stereocenters. The van der Waals surface area contributed by atoms with E-state index in [4.69, 9.17) is 16.3 Å². The van der Waals surface area contributed by atoms with Gasteiger partial charge in [0, 0.05) is 10.6 Å². The Labute approximate surface area is 117 Å². The Kier molecular flexibility index (Phi) is 4.43. The monoisotopic (exact) mass is 278 g/mol. The van der Waals surface area contributed by atoms with Crippen LogP contribution in [0.4, 0.5) is 0 Å². The molecule has 2 aromatic rings. The van der Waals surface area contributed by atoms with Crippen LogP contribution in [0.15, 0.2) is 48.5 Å². The van der Waals surface area contributed by atoms with Crippen molar-refractivity contribution < 1.29 is 14.9 Å². The number of ether oxygens (including phenoxy) is 1. The van der Waals surface area contributed by atoms with E-state index in [2.05, 4.69) is 0 Å². The third-order valence-electron chi connectivity index (χ3n) is 2.95. The highest BCUT2D eigenvalue weighted by Crippen LogP contribution is 2.35. The SMILES string of the molecule is COc1ccc(Cl)cc1C(O)C(O)c1ccccc1. The van der Waals surface area contributed by atoms with Gasteiger partial charge in [0.15, 0.2) is 0 Å². The molecule has 0 fully saturated rings. The molecule has 0 saturated carbocycles. The van der Waals surface area contributed by atoms with Gasteiger partial charge >= 0.3 is 0 Å². The number of aliphatic hydroxyl groups is 2. The molecule has 0 amide bonds. The van der Waals surface area contributed by atoms with Crippen LogP contribution in [-0.2, 0) is 0 Å². The van der Waals surface area contributed by atoms with Crippen LogP contribution in [0.5, 0.6) is 5.75 Å². The van der Waals surface area contributed by atoms with E-state index in [0.717, 1.165) is 0 Å². The predicted octanol–water partition coefficient (Wildman–Crippen LogP) is 3.12. The average molecular weight is 279 g/mol. The van der Waals surface area contributed by atoms with Gasteiger partial charge in [-0.2, -0.15) is 0 Å². The molecule has 0 aliphatic carbocycles. The van der Waals surface area contributed by atoms with Crippen LogP contribution in [0.1, 0.15) is 23.3 Å². The molecule has 0 bridgehead atoms. The van der Waals surface area contributed by atoms with Crippen molar-refractivity contribution in [1.82, 2.24) is 0 Å². The van der Waals surface area contributed by atoms with Crippen molar-refractivity contribution in [3.63, 3.8) is 0 Å². The third-order valence-corrected chi connectivity index (χ3v) is 3.19. The standard InChI is InChI=1S/C15H15ClO3/c1-19-13-8-7-11(16)9-12(13)15(18)14(17)10-5-3-2-4-6-10/h2-9,14-15,17-18H,1H3. The van der Waals surface area contributed by atoms with Gasteiger partial charge in [0.1, 0.15) is 18.0 Å². The van der Waals surface area contributed by atoms with Gasteiger partial charge in [-0.3, -0.25) is 0 Å². The van der Waals surface area contributed by atoms with Crippen LogP contribution in [0.3, 0.4) is 0 Å². The molecule has 2 unspecified atom stereocenters. The number of aliphatic hydroxyl groups excluding tert-OH is 2. The van der Waals surface area contributed by atoms with E-state index in [1.54, 1.807) is 42.5 Å². The molecule has 2 aromatic carbocycles. The number of hydrogen-bond donors (Lipinski definition) is 2. The normalized spacial score (nSPS) is 13.9. The Hall–Kier alpha value is -1.55. The van der Waals surface area contributed by atoms with Crippen LogP contribution < -0.4 is 4.74 Å². The lowest BCUT2D eigenvalue weighted by Gasteiger charge is -2.20. The summed E-state index contributed by atoms with van der Waals surface area (Å²) in [6, 6.07) is 13.9. The lowest BCUT2D eigenvalue weighted by molar-refractivity contribution is 0.0159. The van der Waals surface area contributed by atoms with Gasteiger partial charge < -0.3 is 14.9 Å². The Bertz CT molecular complexity index is 542. The number of hydrogen-bond acceptors (Lipinski definition) is 3. The minimum Gasteiger partial charge on any atom is -0.496 e. The topological polar surface area (TPSA) is 49.7 Å². The summed E-state index contributed by atoms with van der Waals surface area (Å²) in [6.45, 7) is 0. The summed E-state index contributed by atoms with van der Waals surface area (Å²) in [5, 5.41) is 21.0. The van der Waals surface area contributed by atoms with Gasteiger partial charge in [0.2, 0.25) is 0 Å². The zero-order chi connectivity index (χ0) is 13.8. The molecule has 0 aliphatic heterocycles. The van der Waals surface area contributed by atoms with Crippen molar-refractivity contribution in [2.75, 3.05) is 7.11 Å². The highest BCUT2D eigenvalue weighted by atomic mass is 35.5. The molecule has 4 heteroatoms. The molecule has 0 heterocycles. The first-order chi connectivity index (χ1) is 9.13. The highest BCUT2D eigenvalue weighted by molar-refractivity contribution is 6.30. The highest BCUT2D eigenvalue weighted by Gasteiger charge is 2.23. The van der Waals surface area contributed by atoms with Gasteiger partial charge in [0.05, 0.1) is 7.11 Å². The number of rotatable bonds is 4. The maximum atomic E-state index is 10.3. The van der Waals surface area contributed by atoms with E-state index in [9.17, 15) is 10.2 Å². The molecule has 100 valence electrons. The molecule has 2 rings (SSSR count). The summed E-state index contributed by atoms with van der Waals surface area (Å²) in [6.07, 6.45) is -2.13. The van der Waals surface area contributed by atoms with Gasteiger partial charge in [0.25, 0.3) is 0 Å². The molecule has 0 saturated heterocycles. The molecule has 0 spiro atoms. The molecule has 0 radical (unpaired) electrons. The van der Waals surface area contributed by atoms with Crippen LogP contribution >= 0.6 is 11.6 Å². The second kappa shape index (κ2) is 6.06. The van der Waals surface area contributed by atoms with E-state index in [1.807, 2.05) is 6.07 Å². The number of benzene rings is 2. The summed E-state index contributed by atoms with van der Waals surface area (Å²) in [4.78, 5) is 0. The molecule has 2 N–H and O–H groups in total. The van der Waals surface area contributed by atoms with Crippen LogP contribution in [-0.4, -0.2) is 17.3 Å². The van der Waals surface area contributed by atoms with Crippen molar-refractivity contribution in [2.24, 2.45) is 0 Å². The number of halogens is 1. The first-order valence-electron chi connectivity index (χ1n) is 5.88. The predicted molar refractivity (Wildman–Crippen MR) is 74.4 cm³/mol. The summed E-state index contributed by atoms with van der Waals surface area (Å²) >= 11 is 5.92. The van der Waals surface area contributed by atoms with E-state index in [-0.39, 0.29) is 0 Å². The van der Waals surface area contributed by atoms with Crippen molar-refractivity contribution in [3.05, 3.63) is 64.7 Å². The van der Waals surface area contributed by atoms with Crippen molar-refractivity contribution >= 4 is 11.6 Å². The van der Waals surface area contributed by atoms with Gasteiger partial charge in [-0.25, -0.2) is 0 Å². The smallest absolute Gasteiger partial charge is 0.124 e. The zero-order valence-corrected chi connectivity index (χ0v) is 11.2. The van der Waals surface area contributed by atoms with Gasteiger partial charge in [-0.15, -0.1) is 0 Å². The minimum absolute atomic E-state index is 0.464. The van der Waals surface area contributed by atoms with Gasteiger partial charge in [-0.1, -0.05) is 41.9 Å². The average Bonchev–Trinajstić information content (AvgIpc) is 2.46. The van der Waals surface area contributed by atoms with Crippen LogP contribution in [0.25, 0.3) is 0 Å². The van der Waals surface area contributed by atoms with Crippen molar-refractivity contribution in [1.29, 1.82) is 0 Å². The van der Waals surface area contributed by atoms with Gasteiger partial charge in [-0.05, 0) is 23.8 Å². The molecular formula is C15H15ClO3. The minimum atomic E-state index is -1.10. The van der Waals surface area contributed by atoms with E-state index in [0.29, 0.717) is 21.9 Å². The molecule has 19 heavy (non-hydrogen) atoms. The van der Waals surface area contributed by atoms with Crippen molar-refractivity contribution in [3.8, 4) is 5.75 Å². The fraction of sp³-hybridized carbons (Fsp3) is 0.200. The Morgan fingerprint density at radius 1 is 1.00 bits per heavy atom. The lowest BCUT2D eigenvalue weighted by atomic mass is 9.98. The Balaban J connectivity index is 2.33. The van der Waals surface area contributed by atoms with Crippen LogP contribution in [0.2, 0.25) is 5.02 Å². The molecule has 0 aromatic heterocycles. The maximum absolute atomic E-state index is 10.3. The first kappa shape index (κ1) is 13.9. The molecular weight excluding hydrogens is 264 g/mol. The Morgan fingerprint density at radius 2 is 1.68 bits per heavy atom. The molecule has 0 aliphatic rings. The largest absolute Gasteiger partial charge is 0.496 e. The first-order valence-corrected chi connectivity index (χ1v) is 6.26. The van der Waals surface area contributed by atoms with E-state index in [1.165, 1.54) is 7.11 Å². The van der Waals surface area contributed by atoms with E-state index < -0.39 is 12.2 Å². The fourth-order valence-electron chi connectivity index (χ4n) is 1.94. The quantitative estimate of drug-likeness (QED) is 0.903. The summed E-state index contributed by atoms with van der Waals surface area (Å²) in [7, 11) is 1.51. The Morgan fingerprint density at radius 3 is 2.32 bits per heavy atom. The second-order valence-electron chi connectivity index (χ2n) is 4.19. The van der Waals surface area contributed by atoms with Crippen molar-refractivity contribution in [2.45, 2.75) is 12.2 Å². The third kappa shape index (κ3) is 3.07. The molecule has 3 nitrogen and oxygen atoms in total. The lowest BCUT2D eigenvalue weighted by Crippen LogP contribution is -2.11. The number of methoxy groups -OCH3 is 1.